The summed E-state index contributed by atoms with van der Waals surface area (Å²) in [6.07, 6.45) is 4.28. The third-order valence-corrected chi connectivity index (χ3v) is 6.34. The maximum absolute atomic E-state index is 13.5. The number of fused-ring (bicyclic) bond motifs is 2. The van der Waals surface area contributed by atoms with Gasteiger partial charge in [-0.25, -0.2) is 9.97 Å². The van der Waals surface area contributed by atoms with Crippen molar-refractivity contribution in [1.29, 1.82) is 0 Å². The Balaban J connectivity index is 1.67. The normalized spacial score (nSPS) is 13.4. The maximum atomic E-state index is 13.5. The van der Waals surface area contributed by atoms with Crippen LogP contribution in [0.3, 0.4) is 0 Å². The summed E-state index contributed by atoms with van der Waals surface area (Å²) in [5.74, 6) is 0.747. The summed E-state index contributed by atoms with van der Waals surface area (Å²) < 4.78 is 1.73. The monoisotopic (exact) mass is 399 g/mol. The van der Waals surface area contributed by atoms with Gasteiger partial charge in [-0.05, 0) is 55.0 Å². The van der Waals surface area contributed by atoms with Crippen molar-refractivity contribution in [2.75, 3.05) is 0 Å². The summed E-state index contributed by atoms with van der Waals surface area (Å²) in [6.45, 7) is 0. The van der Waals surface area contributed by atoms with Crippen molar-refractivity contribution in [2.24, 2.45) is 0 Å². The molecule has 1 aliphatic rings. The number of aryl methyl sites for hydroxylation is 2. The molecule has 0 N–H and O–H groups in total. The van der Waals surface area contributed by atoms with Gasteiger partial charge >= 0.3 is 0 Å². The number of benzene rings is 2. The fourth-order valence-corrected chi connectivity index (χ4v) is 4.79. The molecule has 2 aromatic heterocycles. The number of hydrogen-bond acceptors (Lipinski definition) is 4. The zero-order valence-corrected chi connectivity index (χ0v) is 16.9. The highest BCUT2D eigenvalue weighted by molar-refractivity contribution is 7.98. The first-order valence-corrected chi connectivity index (χ1v) is 11.0. The van der Waals surface area contributed by atoms with E-state index in [0.717, 1.165) is 42.8 Å². The van der Waals surface area contributed by atoms with Crippen molar-refractivity contribution in [2.45, 2.75) is 36.6 Å². The number of thioether (sulfide) groups is 1. The molecule has 0 aliphatic heterocycles. The van der Waals surface area contributed by atoms with Crippen LogP contribution in [0.2, 0.25) is 0 Å². The third kappa shape index (κ3) is 3.58. The summed E-state index contributed by atoms with van der Waals surface area (Å²) in [4.78, 5) is 23.2. The summed E-state index contributed by atoms with van der Waals surface area (Å²) in [5.41, 5.74) is 4.86. The Morgan fingerprint density at radius 1 is 0.897 bits per heavy atom. The number of pyridine rings is 1. The van der Waals surface area contributed by atoms with E-state index in [2.05, 4.69) is 12.1 Å². The highest BCUT2D eigenvalue weighted by Gasteiger charge is 2.18. The van der Waals surface area contributed by atoms with Crippen LogP contribution >= 0.6 is 11.8 Å². The number of rotatable bonds is 4. The first-order chi connectivity index (χ1) is 14.3. The molecule has 0 bridgehead atoms. The van der Waals surface area contributed by atoms with E-state index in [9.17, 15) is 4.79 Å². The minimum Gasteiger partial charge on any atom is -0.268 e. The Kier molecular flexibility index (Phi) is 4.90. The van der Waals surface area contributed by atoms with Gasteiger partial charge in [-0.2, -0.15) is 0 Å². The van der Waals surface area contributed by atoms with Crippen molar-refractivity contribution >= 4 is 22.8 Å². The zero-order valence-electron chi connectivity index (χ0n) is 16.0. The summed E-state index contributed by atoms with van der Waals surface area (Å²) in [7, 11) is 0. The van der Waals surface area contributed by atoms with Crippen molar-refractivity contribution in [3.05, 3.63) is 93.9 Å². The average molecular weight is 400 g/mol. The number of para-hydroxylation sites is 1. The molecule has 0 saturated carbocycles. The van der Waals surface area contributed by atoms with Crippen LogP contribution in [-0.2, 0) is 18.6 Å². The first kappa shape index (κ1) is 18.1. The Bertz CT molecular complexity index is 1220. The van der Waals surface area contributed by atoms with Crippen LogP contribution < -0.4 is 5.56 Å². The molecule has 0 atom stereocenters. The quantitative estimate of drug-likeness (QED) is 0.360. The minimum absolute atomic E-state index is 0.0439. The molecule has 4 aromatic rings. The lowest BCUT2D eigenvalue weighted by molar-refractivity contribution is 0.669. The number of nitrogens with zero attached hydrogens (tertiary/aromatic N) is 3. The van der Waals surface area contributed by atoms with E-state index in [4.69, 9.17) is 9.97 Å². The summed E-state index contributed by atoms with van der Waals surface area (Å²) in [6, 6.07) is 22.0. The van der Waals surface area contributed by atoms with E-state index in [0.29, 0.717) is 16.2 Å². The van der Waals surface area contributed by atoms with Gasteiger partial charge in [-0.3, -0.25) is 9.36 Å². The van der Waals surface area contributed by atoms with Crippen molar-refractivity contribution in [1.82, 2.24) is 14.5 Å². The molecule has 0 amide bonds. The molecule has 4 nitrogen and oxygen atoms in total. The molecule has 29 heavy (non-hydrogen) atoms. The first-order valence-electron chi connectivity index (χ1n) is 9.97. The van der Waals surface area contributed by atoms with Crippen LogP contribution in [0.5, 0.6) is 0 Å². The van der Waals surface area contributed by atoms with Gasteiger partial charge in [0.1, 0.15) is 0 Å². The van der Waals surface area contributed by atoms with Crippen molar-refractivity contribution in [3.63, 3.8) is 0 Å². The van der Waals surface area contributed by atoms with Gasteiger partial charge in [-0.1, -0.05) is 60.3 Å². The SMILES string of the molecule is O=c1c2cc3c(nc2nc(SCc2ccccc2)n1-c1ccccc1)CCCC3. The molecule has 2 heterocycles. The van der Waals surface area contributed by atoms with E-state index < -0.39 is 0 Å². The predicted octanol–water partition coefficient (Wildman–Crippen LogP) is 4.95. The smallest absolute Gasteiger partial charge is 0.268 e. The lowest BCUT2D eigenvalue weighted by Crippen LogP contribution is -2.23. The van der Waals surface area contributed by atoms with Crippen molar-refractivity contribution in [3.8, 4) is 5.69 Å². The van der Waals surface area contributed by atoms with Gasteiger partial charge in [0.15, 0.2) is 10.8 Å². The Hall–Kier alpha value is -2.92. The van der Waals surface area contributed by atoms with E-state index in [1.54, 1.807) is 16.3 Å². The molecule has 1 aliphatic carbocycles. The second-order valence-corrected chi connectivity index (χ2v) is 8.26. The Morgan fingerprint density at radius 3 is 2.41 bits per heavy atom. The molecule has 5 rings (SSSR count). The zero-order chi connectivity index (χ0) is 19.6. The van der Waals surface area contributed by atoms with Crippen LogP contribution in [0.25, 0.3) is 16.7 Å². The Labute approximate surface area is 173 Å². The number of aromatic nitrogens is 3. The van der Waals surface area contributed by atoms with Gasteiger partial charge in [0.25, 0.3) is 5.56 Å². The lowest BCUT2D eigenvalue weighted by Gasteiger charge is -2.17. The molecule has 0 spiro atoms. The molecule has 0 radical (unpaired) electrons. The standard InChI is InChI=1S/C24H21N3OS/c28-23-20-15-18-11-7-8-14-21(18)25-22(20)26-24(27(23)19-12-5-2-6-13-19)29-16-17-9-3-1-4-10-17/h1-6,9-10,12-13,15H,7-8,11,14,16H2. The maximum Gasteiger partial charge on any atom is 0.268 e. The largest absolute Gasteiger partial charge is 0.268 e. The topological polar surface area (TPSA) is 47.8 Å². The van der Waals surface area contributed by atoms with Gasteiger partial charge < -0.3 is 0 Å². The number of hydrogen-bond donors (Lipinski definition) is 0. The fraction of sp³-hybridized carbons (Fsp3) is 0.208. The molecule has 0 saturated heterocycles. The van der Waals surface area contributed by atoms with Crippen LogP contribution in [0.1, 0.15) is 29.7 Å². The third-order valence-electron chi connectivity index (χ3n) is 5.33. The van der Waals surface area contributed by atoms with Gasteiger partial charge in [0.2, 0.25) is 0 Å². The van der Waals surface area contributed by atoms with Crippen LogP contribution in [0.4, 0.5) is 0 Å². The lowest BCUT2D eigenvalue weighted by atomic mass is 9.95. The molecule has 5 heteroatoms. The van der Waals surface area contributed by atoms with E-state index in [1.165, 1.54) is 11.1 Å². The van der Waals surface area contributed by atoms with Crippen LogP contribution in [0.15, 0.2) is 76.7 Å². The molecular formula is C24H21N3OS. The highest BCUT2D eigenvalue weighted by atomic mass is 32.2. The van der Waals surface area contributed by atoms with E-state index >= 15 is 0 Å². The fourth-order valence-electron chi connectivity index (χ4n) is 3.84. The van der Waals surface area contributed by atoms with E-state index in [-0.39, 0.29) is 5.56 Å². The van der Waals surface area contributed by atoms with Gasteiger partial charge in [-0.15, -0.1) is 0 Å². The molecule has 0 fully saturated rings. The second-order valence-electron chi connectivity index (χ2n) is 7.32. The van der Waals surface area contributed by atoms with Crippen LogP contribution in [0, 0.1) is 0 Å². The Morgan fingerprint density at radius 2 is 1.62 bits per heavy atom. The van der Waals surface area contributed by atoms with E-state index in [1.807, 2.05) is 54.6 Å². The van der Waals surface area contributed by atoms with Gasteiger partial charge in [0, 0.05) is 11.4 Å². The van der Waals surface area contributed by atoms with Crippen molar-refractivity contribution < 1.29 is 0 Å². The summed E-state index contributed by atoms with van der Waals surface area (Å²) >= 11 is 1.57. The second kappa shape index (κ2) is 7.84. The molecule has 2 aromatic carbocycles. The highest BCUT2D eigenvalue weighted by Crippen LogP contribution is 2.26. The average Bonchev–Trinajstić information content (AvgIpc) is 2.78. The molecular weight excluding hydrogens is 378 g/mol. The summed E-state index contributed by atoms with van der Waals surface area (Å²) in [5, 5.41) is 1.29. The molecule has 144 valence electrons. The molecule has 0 unspecified atom stereocenters. The predicted molar refractivity (Wildman–Crippen MR) is 118 cm³/mol. The van der Waals surface area contributed by atoms with Crippen LogP contribution in [-0.4, -0.2) is 14.5 Å². The minimum atomic E-state index is -0.0439. The van der Waals surface area contributed by atoms with Gasteiger partial charge in [0.05, 0.1) is 11.1 Å².